The Morgan fingerprint density at radius 3 is 0.833 bits per heavy atom. The van der Waals surface area contributed by atoms with E-state index >= 15 is 0 Å². The smallest absolute Gasteiger partial charge is 0.259 e. The molecule has 4 saturated heterocycles. The van der Waals surface area contributed by atoms with Crippen LogP contribution >= 0.6 is 174 Å². The minimum absolute atomic E-state index is 0. The van der Waals surface area contributed by atoms with Gasteiger partial charge in [-0.1, -0.05) is 160 Å². The maximum atomic E-state index is 13.0. The van der Waals surface area contributed by atoms with Crippen molar-refractivity contribution in [2.45, 2.75) is 214 Å². The number of alkyl halides is 3. The van der Waals surface area contributed by atoms with Crippen molar-refractivity contribution in [3.8, 4) is 0 Å². The first-order valence-corrected chi connectivity index (χ1v) is 55.3. The molecule has 692 valence electrons. The Hall–Kier alpha value is -2.09. The van der Waals surface area contributed by atoms with Crippen LogP contribution in [0.4, 0.5) is 13.2 Å². The minimum Gasteiger partial charge on any atom is -0.259 e. The quantitative estimate of drug-likeness (QED) is 0.0998. The van der Waals surface area contributed by atoms with Gasteiger partial charge in [0.1, 0.15) is 0 Å². The first-order valence-electron chi connectivity index (χ1n) is 41.3. The molecule has 4 fully saturated rings. The Morgan fingerprint density at radius 2 is 0.595 bits per heavy atom. The van der Waals surface area contributed by atoms with Crippen molar-refractivity contribution < 1.29 is 46.8 Å². The minimum atomic E-state index is -5.32. The zero-order valence-electron chi connectivity index (χ0n) is 67.6. The van der Waals surface area contributed by atoms with Gasteiger partial charge in [-0.2, -0.15) is 17.5 Å². The van der Waals surface area contributed by atoms with Gasteiger partial charge in [0, 0.05) is 157 Å². The van der Waals surface area contributed by atoms with Crippen LogP contribution in [-0.2, 0) is 91.5 Å². The van der Waals surface area contributed by atoms with E-state index in [1.165, 1.54) is 50.1 Å². The maximum absolute atomic E-state index is 13.0. The van der Waals surface area contributed by atoms with E-state index in [0.717, 1.165) is 193 Å². The summed E-state index contributed by atoms with van der Waals surface area (Å²) < 4.78 is 152. The number of fused-ring (bicyclic) bond motifs is 8. The average molecular weight is 2410 g/mol. The lowest BCUT2D eigenvalue weighted by Gasteiger charge is -2.37. The molecule has 4 aliphatic heterocycles. The highest BCUT2D eigenvalue weighted by molar-refractivity contribution is 9.11. The van der Waals surface area contributed by atoms with Gasteiger partial charge in [-0.15, -0.1) is 0 Å². The second-order valence-corrected chi connectivity index (χ2v) is 50.4. The molecule has 4 aromatic carbocycles. The van der Waals surface area contributed by atoms with E-state index in [4.69, 9.17) is 66.3 Å². The van der Waals surface area contributed by atoms with Gasteiger partial charge in [-0.05, 0) is 356 Å². The summed E-state index contributed by atoms with van der Waals surface area (Å²) in [6.07, 6.45) is 22.2. The molecule has 8 aliphatic rings. The molecule has 0 N–H and O–H groups in total. The van der Waals surface area contributed by atoms with Crippen LogP contribution in [0.5, 0.6) is 0 Å². The fourth-order valence-electron chi connectivity index (χ4n) is 19.3. The van der Waals surface area contributed by atoms with Gasteiger partial charge >= 0.3 is 15.5 Å². The average Bonchev–Trinajstić information content (AvgIpc) is 1.59. The number of benzene rings is 4. The van der Waals surface area contributed by atoms with Crippen molar-refractivity contribution in [2.75, 3.05) is 63.9 Å². The summed E-state index contributed by atoms with van der Waals surface area (Å²) >= 11 is 54.6. The molecule has 8 aromatic rings. The molecular formula is C91H111Br8Cl4F3N8O8S4. The maximum Gasteiger partial charge on any atom is 0.511 e. The summed E-state index contributed by atoms with van der Waals surface area (Å²) in [5.41, 5.74) is 13.5. The third-order valence-electron chi connectivity index (χ3n) is 25.1. The fourth-order valence-corrected chi connectivity index (χ4v) is 30.8. The Labute approximate surface area is 833 Å². The van der Waals surface area contributed by atoms with Gasteiger partial charge in [-0.25, -0.2) is 46.6 Å². The van der Waals surface area contributed by atoms with E-state index in [-0.39, 0.29) is 89.1 Å². The van der Waals surface area contributed by atoms with Crippen molar-refractivity contribution in [1.29, 1.82) is 0 Å². The van der Waals surface area contributed by atoms with Gasteiger partial charge in [0.2, 0.25) is 30.1 Å². The number of rotatable bonds is 14. The highest BCUT2D eigenvalue weighted by Gasteiger charge is 2.52. The largest absolute Gasteiger partial charge is 0.511 e. The zero-order chi connectivity index (χ0) is 87.8. The monoisotopic (exact) mass is 2400 g/mol. The number of sulfonamides is 4. The number of unbranched alkanes of at least 4 members (excludes halogenated alkanes) is 1. The highest BCUT2D eigenvalue weighted by atomic mass is 79.9. The summed E-state index contributed by atoms with van der Waals surface area (Å²) in [6.45, 7) is 10.6. The first-order chi connectivity index (χ1) is 57.8. The number of hydrogen-bond donors (Lipinski definition) is 0. The third-order valence-corrected chi connectivity index (χ3v) is 38.3. The van der Waals surface area contributed by atoms with E-state index in [2.05, 4.69) is 164 Å². The Kier molecular flexibility index (Phi) is 39.0. The second-order valence-electron chi connectivity index (χ2n) is 33.0. The van der Waals surface area contributed by atoms with E-state index < -0.39 is 45.6 Å². The second kappa shape index (κ2) is 45.7. The van der Waals surface area contributed by atoms with Crippen LogP contribution in [0.25, 0.3) is 0 Å². The number of hydrogen-bond acceptors (Lipinski definition) is 12. The van der Waals surface area contributed by atoms with Crippen LogP contribution in [0.3, 0.4) is 0 Å². The van der Waals surface area contributed by atoms with Crippen LogP contribution < -0.4 is 0 Å². The summed E-state index contributed by atoms with van der Waals surface area (Å²) in [4.78, 5) is 19.3. The molecule has 0 amide bonds. The molecule has 35 heteroatoms. The van der Waals surface area contributed by atoms with Crippen LogP contribution in [0.15, 0.2) is 133 Å². The molecule has 8 heterocycles. The SMILES string of the molecule is C.C.C.C.CC(C)S(=O)(=O)N1CCC(C2c3ncc(Br)cc3CCc3cc(Cl)cc(Br)c32)CC1.CCCCS(=O)(=O)N1CCC(C2c3ncc(Br)cc3CCc3cc(Cl)cc(Br)c32)CC1.CCCS(=O)(=O)N1CCC(C2c3ncc(Br)cc3CCc3cc(Cl)cc(Br)c32)CC1.O=S(=O)(N1CCC(C2c3ncc(Br)cc3CCc3cc(Cl)cc(Br)c32)CC1)C(F)(F)F. The molecule has 4 atom stereocenters. The van der Waals surface area contributed by atoms with Crippen molar-refractivity contribution in [1.82, 2.24) is 37.2 Å². The molecule has 0 bridgehead atoms. The lowest BCUT2D eigenvalue weighted by molar-refractivity contribution is -0.0497. The van der Waals surface area contributed by atoms with Gasteiger partial charge in [0.05, 0.1) is 39.5 Å². The normalized spacial score (nSPS) is 19.9. The fraction of sp³-hybridized carbons (Fsp3) is 0.516. The molecule has 4 aromatic heterocycles. The van der Waals surface area contributed by atoms with Crippen LogP contribution in [0.1, 0.15) is 241 Å². The summed E-state index contributed by atoms with van der Waals surface area (Å²) in [5, 5.41) is 2.43. The number of pyridine rings is 4. The van der Waals surface area contributed by atoms with Gasteiger partial charge in [0.25, 0.3) is 0 Å². The van der Waals surface area contributed by atoms with Crippen LogP contribution in [0, 0.1) is 23.7 Å². The molecule has 0 spiro atoms. The summed E-state index contributed by atoms with van der Waals surface area (Å²) in [6, 6.07) is 24.5. The molecule has 16 rings (SSSR count). The molecule has 16 nitrogen and oxygen atoms in total. The van der Waals surface area contributed by atoms with Crippen molar-refractivity contribution in [2.24, 2.45) is 23.7 Å². The zero-order valence-corrected chi connectivity index (χ0v) is 86.6. The number of aromatic nitrogens is 4. The molecule has 4 aliphatic carbocycles. The van der Waals surface area contributed by atoms with Crippen molar-refractivity contribution in [3.63, 3.8) is 0 Å². The lowest BCUT2D eigenvalue weighted by Crippen LogP contribution is -2.45. The van der Waals surface area contributed by atoms with Crippen molar-refractivity contribution in [3.05, 3.63) is 243 Å². The van der Waals surface area contributed by atoms with E-state index in [9.17, 15) is 46.8 Å². The predicted molar refractivity (Wildman–Crippen MR) is 537 cm³/mol. The highest BCUT2D eigenvalue weighted by Crippen LogP contribution is 2.53. The van der Waals surface area contributed by atoms with E-state index in [0.29, 0.717) is 85.6 Å². The summed E-state index contributed by atoms with van der Waals surface area (Å²) in [5.74, 6) is 1.64. The molecular weight excluding hydrogens is 2300 g/mol. The molecule has 4 unspecified atom stereocenters. The molecule has 0 radical (unpaired) electrons. The molecule has 126 heavy (non-hydrogen) atoms. The third kappa shape index (κ3) is 24.5. The first kappa shape index (κ1) is 108. The van der Waals surface area contributed by atoms with Gasteiger partial charge in [-0.3, -0.25) is 19.9 Å². The van der Waals surface area contributed by atoms with Crippen LogP contribution in [0.2, 0.25) is 20.1 Å². The van der Waals surface area contributed by atoms with Crippen LogP contribution in [-0.4, -0.2) is 145 Å². The van der Waals surface area contributed by atoms with Gasteiger partial charge < -0.3 is 0 Å². The lowest BCUT2D eigenvalue weighted by atomic mass is 9.77. The summed E-state index contributed by atoms with van der Waals surface area (Å²) in [7, 11) is -14.8. The van der Waals surface area contributed by atoms with E-state index in [1.807, 2.05) is 68.8 Å². The van der Waals surface area contributed by atoms with E-state index in [1.54, 1.807) is 33.0 Å². The topological polar surface area (TPSA) is 201 Å². The van der Waals surface area contributed by atoms with Crippen molar-refractivity contribution >= 4 is 214 Å². The number of aryl methyl sites for hydroxylation is 8. The molecule has 0 saturated carbocycles. The number of piperidine rings is 4. The predicted octanol–water partition coefficient (Wildman–Crippen LogP) is 26.8. The number of nitrogens with zero attached hydrogens (tertiary/aromatic N) is 8. The Balaban J connectivity index is 0.000000188. The Bertz CT molecular complexity index is 5690. The number of halogens is 15. The van der Waals surface area contributed by atoms with Gasteiger partial charge in [0.15, 0.2) is 0 Å². The standard InChI is InChI=1S/C23H27Br2ClN2O2S.2C22H25Br2ClN2O2S.C20H18Br2ClF3N2O2S.4CH4/c1-2-3-10-31(29,30)28-8-6-15(7-9-28)22-21-16(12-19(26)13-20(21)25)4-5-17-11-18(24)14-27-23(17)22;1-13(2)30(28,29)27-7-5-14(6-8-27)21-20-15(10-18(25)11-19(20)24)3-4-16-9-17(23)12-26-22(16)21;1-2-9-30(28,29)27-7-5-14(6-8-27)21-20-15(11-18(25)12-19(20)24)3-4-16-10-17(23)13-26-22(16)21;21-14-7-13-2-1-12-8-15(23)9-16(22)17(12)18(19(13)27-10-14)11-3-5-28(6-4-11)31(29,30)20(24,25)26;;;;/h11-15,22H,2-10H2,1H3;9-14,21H,3-8H2,1-2H3;10-14,21H,2-9H2,1H3;7-11,18H,1-6H2;4*1H4. The Morgan fingerprint density at radius 1 is 0.357 bits per heavy atom.